The Balaban J connectivity index is 1.12. The van der Waals surface area contributed by atoms with Crippen molar-refractivity contribution in [3.63, 3.8) is 0 Å². The summed E-state index contributed by atoms with van der Waals surface area (Å²) in [7, 11) is 0. The average Bonchev–Trinajstić information content (AvgIpc) is 4.03. The quantitative estimate of drug-likeness (QED) is 0.137. The van der Waals surface area contributed by atoms with Crippen molar-refractivity contribution in [2.75, 3.05) is 0 Å². The minimum atomic E-state index is -1.01. The van der Waals surface area contributed by atoms with E-state index in [4.69, 9.17) is 4.99 Å². The number of hydrogen-bond acceptors (Lipinski definition) is 9. The summed E-state index contributed by atoms with van der Waals surface area (Å²) in [5, 5.41) is 91.5. The molecular formula is C42H40N4O8. The Morgan fingerprint density at radius 3 is 1.57 bits per heavy atom. The van der Waals surface area contributed by atoms with Gasteiger partial charge < -0.3 is 55.8 Å². The van der Waals surface area contributed by atoms with Gasteiger partial charge >= 0.3 is 0 Å². The lowest BCUT2D eigenvalue weighted by molar-refractivity contribution is -0.0259. The van der Waals surface area contributed by atoms with Gasteiger partial charge in [-0.05, 0) is 75.6 Å². The van der Waals surface area contributed by atoms with Crippen molar-refractivity contribution in [1.82, 2.24) is 15.0 Å². The van der Waals surface area contributed by atoms with Gasteiger partial charge in [0.25, 0.3) is 0 Å². The van der Waals surface area contributed by atoms with Gasteiger partial charge in [-0.3, -0.25) is 0 Å². The van der Waals surface area contributed by atoms with E-state index in [1.54, 1.807) is 0 Å². The molecule has 3 aromatic rings. The van der Waals surface area contributed by atoms with Crippen LogP contribution >= 0.6 is 0 Å². The predicted molar refractivity (Wildman–Crippen MR) is 194 cm³/mol. The van der Waals surface area contributed by atoms with Gasteiger partial charge in [0.05, 0.1) is 60.2 Å². The molecule has 16 atom stereocenters. The average molecular weight is 729 g/mol. The number of hydrogen-bond donors (Lipinski definition) is 11. The summed E-state index contributed by atoms with van der Waals surface area (Å²) < 4.78 is 0. The lowest BCUT2D eigenvalue weighted by Gasteiger charge is -2.41. The first-order valence-corrected chi connectivity index (χ1v) is 19.4. The molecule has 2 aliphatic heterocycles. The molecule has 5 heterocycles. The second-order valence-electron chi connectivity index (χ2n) is 17.5. The SMILES string of the molecule is OC1C2C=CC(C3=C2C2=Cc4[nH]c(c5c4C4C=CC5C(O)C4O)Cc4[nH]c(c5c4C4CC5C(O)C4O)C=c4[nH]c(c5c4C4CC5C(O)C4O)=CC3=N2)C1O. The van der Waals surface area contributed by atoms with Crippen molar-refractivity contribution < 1.29 is 40.9 Å². The number of allylic oxidation sites excluding steroid dienone is 1. The second-order valence-corrected chi connectivity index (χ2v) is 17.5. The summed E-state index contributed by atoms with van der Waals surface area (Å²) in [5.41, 5.74) is 12.1. The maximum Gasteiger partial charge on any atom is 0.0912 e. The smallest absolute Gasteiger partial charge is 0.0912 e. The minimum absolute atomic E-state index is 0.245. The van der Waals surface area contributed by atoms with E-state index in [-0.39, 0.29) is 23.7 Å². The first-order valence-electron chi connectivity index (χ1n) is 19.4. The zero-order valence-corrected chi connectivity index (χ0v) is 28.9. The van der Waals surface area contributed by atoms with Crippen LogP contribution in [0.1, 0.15) is 105 Å². The number of nitrogens with one attached hydrogen (secondary N) is 3. The maximum atomic E-state index is 11.3. The molecule has 12 heteroatoms. The van der Waals surface area contributed by atoms with Crippen LogP contribution in [0.25, 0.3) is 18.2 Å². The molecule has 11 N–H and O–H groups in total. The van der Waals surface area contributed by atoms with E-state index in [0.29, 0.717) is 30.7 Å². The number of aromatic nitrogens is 3. The van der Waals surface area contributed by atoms with Crippen LogP contribution < -0.4 is 10.7 Å². The molecular weight excluding hydrogens is 688 g/mol. The Morgan fingerprint density at radius 2 is 0.926 bits per heavy atom. The zero-order chi connectivity index (χ0) is 36.4. The third-order valence-electron chi connectivity index (χ3n) is 15.2. The van der Waals surface area contributed by atoms with Gasteiger partial charge in [0, 0.05) is 87.2 Å². The lowest BCUT2D eigenvalue weighted by Crippen LogP contribution is -2.47. The van der Waals surface area contributed by atoms with Crippen LogP contribution in [0.4, 0.5) is 0 Å². The van der Waals surface area contributed by atoms with Crippen LogP contribution in [0, 0.1) is 11.8 Å². The van der Waals surface area contributed by atoms with Crippen LogP contribution in [0.5, 0.6) is 0 Å². The van der Waals surface area contributed by atoms with Crippen LogP contribution in [0.2, 0.25) is 0 Å². The Kier molecular flexibility index (Phi) is 5.77. The minimum Gasteiger partial charge on any atom is -0.390 e. The van der Waals surface area contributed by atoms with E-state index in [1.807, 2.05) is 36.5 Å². The highest BCUT2D eigenvalue weighted by Gasteiger charge is 2.55. The topological polar surface area (TPSA) is 222 Å². The predicted octanol–water partition coefficient (Wildman–Crippen LogP) is -0.401. The van der Waals surface area contributed by atoms with Crippen molar-refractivity contribution >= 4 is 23.9 Å². The summed E-state index contributed by atoms with van der Waals surface area (Å²) in [6.45, 7) is 0. The summed E-state index contributed by atoms with van der Waals surface area (Å²) in [6, 6.07) is 0. The molecule has 0 saturated heterocycles. The number of nitrogens with zero attached hydrogens (tertiary/aromatic N) is 1. The molecule has 54 heavy (non-hydrogen) atoms. The fourth-order valence-electron chi connectivity index (χ4n) is 13.0. The van der Waals surface area contributed by atoms with E-state index in [9.17, 15) is 40.9 Å². The van der Waals surface area contributed by atoms with E-state index in [2.05, 4.69) is 21.0 Å². The van der Waals surface area contributed by atoms with Gasteiger partial charge in [0.15, 0.2) is 0 Å². The van der Waals surface area contributed by atoms with Gasteiger partial charge in [0.2, 0.25) is 0 Å². The molecule has 12 aliphatic rings. The molecule has 0 aromatic carbocycles. The van der Waals surface area contributed by atoms with Crippen molar-refractivity contribution in [3.8, 4) is 0 Å². The number of aliphatic hydroxyl groups is 8. The molecule has 0 radical (unpaired) electrons. The van der Waals surface area contributed by atoms with E-state index >= 15 is 0 Å². The third kappa shape index (κ3) is 3.48. The number of aliphatic hydroxyl groups excluding tert-OH is 8. The monoisotopic (exact) mass is 728 g/mol. The molecule has 16 unspecified atom stereocenters. The van der Waals surface area contributed by atoms with Gasteiger partial charge in [0.1, 0.15) is 0 Å². The highest BCUT2D eigenvalue weighted by Crippen LogP contribution is 2.58. The largest absolute Gasteiger partial charge is 0.390 e. The highest BCUT2D eigenvalue weighted by atomic mass is 16.3. The molecule has 0 spiro atoms. The van der Waals surface area contributed by atoms with Crippen molar-refractivity contribution in [2.24, 2.45) is 16.8 Å². The van der Waals surface area contributed by atoms with Crippen LogP contribution in [0.3, 0.4) is 0 Å². The standard InChI is InChI=1S/C42H40N4O8/c47-35-11-1-3-13(37(35)49)29-21-8-23-31-15-5-17(41(53)39(15)51)33(31)25(45-23)10-26-34-18-6-16(40(52)42(18)54)32(34)24(46-26)9-22-30-14-4-2-12(36(48)38(14)50)28(30)20(44-22)7-19(43-21)27(11)29/h1-4,7-8,10-18,35-42,44-54H,5-6,9H2. The summed E-state index contributed by atoms with van der Waals surface area (Å²) in [6.07, 6.45) is 7.98. The Labute approximate surface area is 307 Å². The van der Waals surface area contributed by atoms with Crippen molar-refractivity contribution in [1.29, 1.82) is 0 Å². The molecule has 276 valence electrons. The number of rotatable bonds is 0. The third-order valence-corrected chi connectivity index (χ3v) is 15.2. The number of H-pyrrole nitrogens is 3. The number of aromatic amines is 3. The second kappa shape index (κ2) is 10.00. The lowest BCUT2D eigenvalue weighted by atomic mass is 9.66. The summed E-state index contributed by atoms with van der Waals surface area (Å²) in [5.74, 6) is -2.91. The summed E-state index contributed by atoms with van der Waals surface area (Å²) in [4.78, 5) is 16.3. The Morgan fingerprint density at radius 1 is 0.444 bits per heavy atom. The highest BCUT2D eigenvalue weighted by molar-refractivity contribution is 6.24. The Hall–Kier alpha value is -4.11. The van der Waals surface area contributed by atoms with Crippen LogP contribution in [0.15, 0.2) is 46.1 Å². The van der Waals surface area contributed by atoms with Crippen LogP contribution in [-0.4, -0.2) is 110 Å². The molecule has 10 aliphatic carbocycles. The molecule has 2 fully saturated rings. The molecule has 2 saturated carbocycles. The molecule has 3 aromatic heterocycles. The Bertz CT molecular complexity index is 2570. The summed E-state index contributed by atoms with van der Waals surface area (Å²) >= 11 is 0. The fourth-order valence-corrected chi connectivity index (χ4v) is 13.0. The molecule has 12 nitrogen and oxygen atoms in total. The first kappa shape index (κ1) is 31.1. The van der Waals surface area contributed by atoms with Gasteiger partial charge in [-0.2, -0.15) is 0 Å². The first-order chi connectivity index (χ1) is 26.1. The van der Waals surface area contributed by atoms with E-state index in [0.717, 1.165) is 78.0 Å². The number of aliphatic imine (C=N–C) groups is 1. The van der Waals surface area contributed by atoms with Crippen LogP contribution in [-0.2, 0) is 6.42 Å². The van der Waals surface area contributed by atoms with Crippen molar-refractivity contribution in [3.05, 3.63) is 108 Å². The maximum absolute atomic E-state index is 11.3. The van der Waals surface area contributed by atoms with E-state index in [1.165, 1.54) is 0 Å². The normalized spacial score (nSPS) is 43.3. The van der Waals surface area contributed by atoms with Gasteiger partial charge in [-0.1, -0.05) is 24.3 Å². The van der Waals surface area contributed by atoms with Crippen molar-refractivity contribution in [2.45, 2.75) is 104 Å². The van der Waals surface area contributed by atoms with Gasteiger partial charge in [-0.15, -0.1) is 0 Å². The molecule has 16 bridgehead atoms. The zero-order valence-electron chi connectivity index (χ0n) is 28.9. The fraction of sp³-hybridized carbons (Fsp3) is 0.452. The molecule has 15 rings (SSSR count). The van der Waals surface area contributed by atoms with Gasteiger partial charge in [-0.25, -0.2) is 4.99 Å². The van der Waals surface area contributed by atoms with E-state index < -0.39 is 72.5 Å². The number of fused-ring (bicyclic) bond motifs is 23. The molecule has 0 amide bonds.